The van der Waals surface area contributed by atoms with Gasteiger partial charge in [-0.3, -0.25) is 14.3 Å². The van der Waals surface area contributed by atoms with E-state index < -0.39 is 0 Å². The van der Waals surface area contributed by atoms with Gasteiger partial charge in [-0.05, 0) is 36.4 Å². The van der Waals surface area contributed by atoms with E-state index in [2.05, 4.69) is 20.5 Å². The molecule has 0 radical (unpaired) electrons. The summed E-state index contributed by atoms with van der Waals surface area (Å²) in [6.07, 6.45) is 3.85. The summed E-state index contributed by atoms with van der Waals surface area (Å²) < 4.78 is 2.01. The van der Waals surface area contributed by atoms with Crippen LogP contribution in [0.25, 0.3) is 17.1 Å². The summed E-state index contributed by atoms with van der Waals surface area (Å²) in [5.74, 6) is 1.32. The number of rotatable bonds is 7. The van der Waals surface area contributed by atoms with Crippen LogP contribution in [0.5, 0.6) is 0 Å². The van der Waals surface area contributed by atoms with Gasteiger partial charge in [-0.15, -0.1) is 10.2 Å². The highest BCUT2D eigenvalue weighted by Gasteiger charge is 2.16. The lowest BCUT2D eigenvalue weighted by molar-refractivity contribution is -0.115. The van der Waals surface area contributed by atoms with Gasteiger partial charge in [0.1, 0.15) is 0 Å². The van der Waals surface area contributed by atoms with E-state index >= 15 is 0 Å². The molecule has 0 aliphatic carbocycles. The Bertz CT molecular complexity index is 1070. The molecule has 0 saturated heterocycles. The maximum atomic E-state index is 12.2. The zero-order valence-corrected chi connectivity index (χ0v) is 16.4. The summed E-state index contributed by atoms with van der Waals surface area (Å²) in [6, 6.07) is 23.2. The number of hydrogen-bond donors (Lipinski definition) is 1. The van der Waals surface area contributed by atoms with Crippen LogP contribution in [-0.4, -0.2) is 31.4 Å². The normalized spacial score (nSPS) is 10.6. The van der Waals surface area contributed by atoms with Gasteiger partial charge >= 0.3 is 0 Å². The fourth-order valence-electron chi connectivity index (χ4n) is 2.84. The molecule has 2 aromatic heterocycles. The van der Waals surface area contributed by atoms with Gasteiger partial charge < -0.3 is 5.32 Å². The van der Waals surface area contributed by atoms with Crippen molar-refractivity contribution in [2.45, 2.75) is 11.6 Å². The van der Waals surface area contributed by atoms with Crippen molar-refractivity contribution in [1.82, 2.24) is 19.7 Å². The minimum atomic E-state index is -0.0242. The SMILES string of the molecule is O=C(CCSc1nnc(-c2ccncc2)n1-c1ccccc1)Nc1ccccc1. The average Bonchev–Trinajstić information content (AvgIpc) is 3.19. The van der Waals surface area contributed by atoms with Crippen LogP contribution in [0.1, 0.15) is 6.42 Å². The summed E-state index contributed by atoms with van der Waals surface area (Å²) in [5, 5.41) is 12.4. The van der Waals surface area contributed by atoms with Gasteiger partial charge in [0, 0.05) is 41.5 Å². The van der Waals surface area contributed by atoms with Crippen LogP contribution < -0.4 is 5.32 Å². The second-order valence-corrected chi connectivity index (χ2v) is 7.29. The Morgan fingerprint density at radius 2 is 1.59 bits per heavy atom. The highest BCUT2D eigenvalue weighted by Crippen LogP contribution is 2.28. The quantitative estimate of drug-likeness (QED) is 0.463. The van der Waals surface area contributed by atoms with Gasteiger partial charge in [-0.2, -0.15) is 0 Å². The first-order chi connectivity index (χ1) is 14.3. The molecule has 0 unspecified atom stereocenters. The lowest BCUT2D eigenvalue weighted by atomic mass is 10.2. The average molecular weight is 401 g/mol. The molecule has 0 bridgehead atoms. The first-order valence-corrected chi connectivity index (χ1v) is 10.2. The van der Waals surface area contributed by atoms with E-state index in [1.165, 1.54) is 11.8 Å². The summed E-state index contributed by atoms with van der Waals surface area (Å²) in [5.41, 5.74) is 2.71. The van der Waals surface area contributed by atoms with Crippen molar-refractivity contribution in [2.75, 3.05) is 11.1 Å². The highest BCUT2D eigenvalue weighted by molar-refractivity contribution is 7.99. The van der Waals surface area contributed by atoms with Gasteiger partial charge in [-0.1, -0.05) is 48.2 Å². The predicted octanol–water partition coefficient (Wildman–Crippen LogP) is 4.45. The lowest BCUT2D eigenvalue weighted by Gasteiger charge is -2.10. The molecule has 1 N–H and O–H groups in total. The first kappa shape index (κ1) is 18.9. The summed E-state index contributed by atoms with van der Waals surface area (Å²) in [7, 11) is 0. The van der Waals surface area contributed by atoms with Crippen molar-refractivity contribution in [3.05, 3.63) is 85.2 Å². The number of para-hydroxylation sites is 2. The molecule has 4 aromatic rings. The van der Waals surface area contributed by atoms with Gasteiger partial charge in [0.25, 0.3) is 0 Å². The molecule has 1 amide bonds. The molecule has 0 aliphatic rings. The molecule has 7 heteroatoms. The molecule has 4 rings (SSSR count). The van der Waals surface area contributed by atoms with Gasteiger partial charge in [0.15, 0.2) is 11.0 Å². The van der Waals surface area contributed by atoms with Crippen molar-refractivity contribution in [3.63, 3.8) is 0 Å². The zero-order valence-electron chi connectivity index (χ0n) is 15.6. The van der Waals surface area contributed by atoms with Crippen LogP contribution in [0.3, 0.4) is 0 Å². The number of carbonyl (C=O) groups excluding carboxylic acids is 1. The lowest BCUT2D eigenvalue weighted by Crippen LogP contribution is -2.12. The first-order valence-electron chi connectivity index (χ1n) is 9.20. The molecule has 0 saturated carbocycles. The number of thioether (sulfide) groups is 1. The fourth-order valence-corrected chi connectivity index (χ4v) is 3.73. The van der Waals surface area contributed by atoms with Crippen LogP contribution in [0.15, 0.2) is 90.3 Å². The Morgan fingerprint density at radius 1 is 0.897 bits per heavy atom. The maximum absolute atomic E-state index is 12.2. The van der Waals surface area contributed by atoms with Gasteiger partial charge in [-0.25, -0.2) is 0 Å². The summed E-state index contributed by atoms with van der Waals surface area (Å²) in [4.78, 5) is 16.3. The Balaban J connectivity index is 1.50. The van der Waals surface area contributed by atoms with Crippen molar-refractivity contribution in [1.29, 1.82) is 0 Å². The minimum absolute atomic E-state index is 0.0242. The number of benzene rings is 2. The molecule has 0 atom stereocenters. The molecule has 2 heterocycles. The smallest absolute Gasteiger partial charge is 0.225 e. The number of anilines is 1. The molecular weight excluding hydrogens is 382 g/mol. The topological polar surface area (TPSA) is 72.7 Å². The third-order valence-corrected chi connectivity index (χ3v) is 5.13. The molecule has 144 valence electrons. The monoisotopic (exact) mass is 401 g/mol. The largest absolute Gasteiger partial charge is 0.326 e. The van der Waals surface area contributed by atoms with Crippen molar-refractivity contribution in [2.24, 2.45) is 0 Å². The number of carbonyl (C=O) groups is 1. The van der Waals surface area contributed by atoms with E-state index in [1.807, 2.05) is 77.4 Å². The minimum Gasteiger partial charge on any atom is -0.326 e. The molecule has 0 aliphatic heterocycles. The number of nitrogens with zero attached hydrogens (tertiary/aromatic N) is 4. The maximum Gasteiger partial charge on any atom is 0.225 e. The van der Waals surface area contributed by atoms with E-state index in [4.69, 9.17) is 0 Å². The highest BCUT2D eigenvalue weighted by atomic mass is 32.2. The fraction of sp³-hybridized carbons (Fsp3) is 0.0909. The third kappa shape index (κ3) is 4.70. The predicted molar refractivity (Wildman–Crippen MR) is 115 cm³/mol. The van der Waals surface area contributed by atoms with Crippen LogP contribution in [0.4, 0.5) is 5.69 Å². The van der Waals surface area contributed by atoms with Crippen LogP contribution in [0, 0.1) is 0 Å². The van der Waals surface area contributed by atoms with Crippen molar-refractivity contribution < 1.29 is 4.79 Å². The van der Waals surface area contributed by atoms with E-state index in [0.717, 1.165) is 27.9 Å². The van der Waals surface area contributed by atoms with Gasteiger partial charge in [0.2, 0.25) is 5.91 Å². The van der Waals surface area contributed by atoms with E-state index in [1.54, 1.807) is 12.4 Å². The van der Waals surface area contributed by atoms with Crippen molar-refractivity contribution in [3.8, 4) is 17.1 Å². The van der Waals surface area contributed by atoms with E-state index in [0.29, 0.717) is 12.2 Å². The molecule has 6 nitrogen and oxygen atoms in total. The van der Waals surface area contributed by atoms with Crippen LogP contribution in [-0.2, 0) is 4.79 Å². The second-order valence-electron chi connectivity index (χ2n) is 6.23. The zero-order chi connectivity index (χ0) is 19.9. The second kappa shape index (κ2) is 9.16. The van der Waals surface area contributed by atoms with Crippen LogP contribution in [0.2, 0.25) is 0 Å². The molecule has 2 aromatic carbocycles. The third-order valence-electron chi connectivity index (χ3n) is 4.20. The molecule has 0 spiro atoms. The molecule has 29 heavy (non-hydrogen) atoms. The number of amides is 1. The Kier molecular flexibility index (Phi) is 5.97. The number of pyridine rings is 1. The summed E-state index contributed by atoms with van der Waals surface area (Å²) in [6.45, 7) is 0. The Hall–Kier alpha value is -3.45. The molecular formula is C22H19N5OS. The number of nitrogens with one attached hydrogen (secondary N) is 1. The van der Waals surface area contributed by atoms with Crippen LogP contribution >= 0.6 is 11.8 Å². The van der Waals surface area contributed by atoms with Crippen molar-refractivity contribution >= 4 is 23.4 Å². The molecule has 0 fully saturated rings. The van der Waals surface area contributed by atoms with E-state index in [9.17, 15) is 4.79 Å². The van der Waals surface area contributed by atoms with Gasteiger partial charge in [0.05, 0.1) is 0 Å². The van der Waals surface area contributed by atoms with E-state index in [-0.39, 0.29) is 5.91 Å². The number of hydrogen-bond acceptors (Lipinski definition) is 5. The Morgan fingerprint density at radius 3 is 2.31 bits per heavy atom. The number of aromatic nitrogens is 4. The Labute approximate surface area is 173 Å². The summed E-state index contributed by atoms with van der Waals surface area (Å²) >= 11 is 1.51. The standard InChI is InChI=1S/C22H19N5OS/c28-20(24-18-7-3-1-4-8-18)13-16-29-22-26-25-21(17-11-14-23-15-12-17)27(22)19-9-5-2-6-10-19/h1-12,14-15H,13,16H2,(H,24,28).